The van der Waals surface area contributed by atoms with Crippen LogP contribution in [0.15, 0.2) is 309 Å². The van der Waals surface area contributed by atoms with Crippen LogP contribution in [-0.4, -0.2) is 15.7 Å². The second kappa shape index (κ2) is 20.9. The zero-order valence-electron chi connectivity index (χ0n) is 52.8. The molecule has 0 amide bonds. The molecule has 0 bridgehead atoms. The molecule has 0 aliphatic carbocycles. The Morgan fingerprint density at radius 2 is 0.800 bits per heavy atom. The molecule has 2 aliphatic heterocycles. The van der Waals surface area contributed by atoms with Crippen LogP contribution in [0.5, 0.6) is 0 Å². The van der Waals surface area contributed by atoms with Crippen molar-refractivity contribution in [1.29, 1.82) is 0 Å². The largest absolute Gasteiger partial charge is 0.309 e. The second-order valence-electron chi connectivity index (χ2n) is 26.6. The van der Waals surface area contributed by atoms with Gasteiger partial charge >= 0.3 is 0 Å². The maximum Gasteiger partial charge on any atom is 0.252 e. The Hall–Kier alpha value is -12.2. The highest BCUT2D eigenvalue weighted by Gasteiger charge is 2.48. The van der Waals surface area contributed by atoms with Gasteiger partial charge in [-0.15, -0.1) is 0 Å². The molecule has 5 heterocycles. The van der Waals surface area contributed by atoms with Crippen LogP contribution in [-0.2, 0) is 5.41 Å². The molecule has 3 aromatic heterocycles. The molecule has 0 fully saturated rings. The average molecular weight is 1210 g/mol. The number of fused-ring (bicyclic) bond motifs is 15. The van der Waals surface area contributed by atoms with E-state index in [1.54, 1.807) is 0 Å². The summed E-state index contributed by atoms with van der Waals surface area (Å²) < 4.78 is 5.01. The van der Waals surface area contributed by atoms with Crippen LogP contribution in [0.2, 0.25) is 0 Å². The first-order valence-electron chi connectivity index (χ1n) is 32.9. The van der Waals surface area contributed by atoms with E-state index in [1.165, 1.54) is 60.3 Å². The Labute approximate surface area is 552 Å². The number of benzene rings is 14. The summed E-state index contributed by atoms with van der Waals surface area (Å²) in [6.07, 6.45) is 0. The van der Waals surface area contributed by atoms with Gasteiger partial charge in [-0.1, -0.05) is 282 Å². The summed E-state index contributed by atoms with van der Waals surface area (Å²) in [6, 6.07) is 115. The quantitative estimate of drug-likeness (QED) is 0.112. The molecule has 444 valence electrons. The zero-order valence-corrected chi connectivity index (χ0v) is 52.8. The van der Waals surface area contributed by atoms with E-state index in [1.807, 2.05) is 6.07 Å². The van der Waals surface area contributed by atoms with Gasteiger partial charge in [-0.2, -0.15) is 0 Å². The first-order valence-corrected chi connectivity index (χ1v) is 32.9. The lowest BCUT2D eigenvalue weighted by Crippen LogP contribution is -2.61. The Morgan fingerprint density at radius 3 is 1.34 bits per heavy atom. The molecule has 6 heteroatoms. The molecule has 19 rings (SSSR count). The fourth-order valence-electron chi connectivity index (χ4n) is 16.2. The molecule has 0 saturated heterocycles. The number of nitrogens with zero attached hydrogens (tertiary/aromatic N) is 5. The predicted octanol–water partition coefficient (Wildman–Crippen LogP) is 22.2. The third kappa shape index (κ3) is 8.10. The molecule has 0 spiro atoms. The Morgan fingerprint density at radius 1 is 0.337 bits per heavy atom. The molecule has 5 nitrogen and oxygen atoms in total. The minimum Gasteiger partial charge on any atom is -0.309 e. The molecule has 2 aliphatic rings. The lowest BCUT2D eigenvalue weighted by atomic mass is 9.33. The minimum atomic E-state index is -0.305. The standard InChI is InChI=1S/C89H60BN5/c1-89(2,3)62-35-23-34-60(52-62)61-46-50-79-74(53-61)90-73-49-48-64(92-75-43-20-17-36-69(75)72-54-63(91-4)47-51-78(72)92)55-80(73)95(85-67(58-30-13-7-14-31-58)41-25-42-68(85)59-32-15-8-16-33-59)88-82-71-38-19-22-45-77(71)93-76-44-21-18-37-70(76)81(86(82)93)87(83(88)90)94(79)84-65(56-26-9-5-10-27-56)39-24-40-66(84)57-28-11-6-12-29-57/h5-55H,1-3H3. The number of anilines is 6. The van der Waals surface area contributed by atoms with Gasteiger partial charge in [-0.3, -0.25) is 0 Å². The van der Waals surface area contributed by atoms with Crippen LogP contribution in [0.1, 0.15) is 26.3 Å². The predicted molar refractivity (Wildman–Crippen MR) is 402 cm³/mol. The van der Waals surface area contributed by atoms with Gasteiger partial charge in [-0.05, 0) is 115 Å². The van der Waals surface area contributed by atoms with Crippen molar-refractivity contribution in [2.24, 2.45) is 0 Å². The summed E-state index contributed by atoms with van der Waals surface area (Å²) in [5, 5.41) is 6.97. The Bertz CT molecular complexity index is 5920. The van der Waals surface area contributed by atoms with Crippen molar-refractivity contribution in [3.63, 3.8) is 0 Å². The highest BCUT2D eigenvalue weighted by Crippen LogP contribution is 2.59. The molecular formula is C89H60BN5. The van der Waals surface area contributed by atoms with Crippen LogP contribution in [0.3, 0.4) is 0 Å². The van der Waals surface area contributed by atoms with Gasteiger partial charge in [0.2, 0.25) is 0 Å². The molecule has 14 aromatic carbocycles. The van der Waals surface area contributed by atoms with E-state index in [0.717, 1.165) is 117 Å². The summed E-state index contributed by atoms with van der Waals surface area (Å²) in [6.45, 7) is 14.8. The maximum atomic E-state index is 8.16. The molecule has 95 heavy (non-hydrogen) atoms. The van der Waals surface area contributed by atoms with E-state index in [0.29, 0.717) is 5.69 Å². The number of aromatic nitrogens is 2. The lowest BCUT2D eigenvalue weighted by Gasteiger charge is -2.46. The lowest BCUT2D eigenvalue weighted by molar-refractivity contribution is 0.590. The maximum absolute atomic E-state index is 8.16. The number of hydrogen-bond donors (Lipinski definition) is 0. The minimum absolute atomic E-state index is 0.0684. The van der Waals surface area contributed by atoms with Crippen LogP contribution in [0.25, 0.3) is 126 Å². The summed E-state index contributed by atoms with van der Waals surface area (Å²) in [4.78, 5) is 9.40. The molecule has 0 saturated carbocycles. The summed E-state index contributed by atoms with van der Waals surface area (Å²) >= 11 is 0. The summed E-state index contributed by atoms with van der Waals surface area (Å²) in [5.41, 5.74) is 30.3. The van der Waals surface area contributed by atoms with Crippen molar-refractivity contribution in [3.8, 4) is 61.3 Å². The van der Waals surface area contributed by atoms with Gasteiger partial charge < -0.3 is 18.8 Å². The van der Waals surface area contributed by atoms with Crippen molar-refractivity contribution >= 4 is 123 Å². The number of para-hydroxylation sites is 5. The SMILES string of the molecule is [C-]#[N+]c1ccc2c(c1)c1ccccc1n2-c1ccc2c(c1)N(c1c(-c3ccccc3)cccc1-c1ccccc1)c1c3c(c4c5ccccc5n5c6ccccc6c1c45)N(c1c(-c4ccccc4)cccc1-c1ccccc1)c1ccc(-c4cccc(C(C)(C)C)c4)cc1B23. The van der Waals surface area contributed by atoms with Crippen molar-refractivity contribution < 1.29 is 0 Å². The molecule has 0 radical (unpaired) electrons. The van der Waals surface area contributed by atoms with Gasteiger partial charge in [0.1, 0.15) is 0 Å². The van der Waals surface area contributed by atoms with Crippen molar-refractivity contribution in [2.45, 2.75) is 26.2 Å². The van der Waals surface area contributed by atoms with Crippen molar-refractivity contribution in [2.75, 3.05) is 9.80 Å². The monoisotopic (exact) mass is 1210 g/mol. The zero-order chi connectivity index (χ0) is 63.2. The number of hydrogen-bond acceptors (Lipinski definition) is 2. The summed E-state index contributed by atoms with van der Waals surface area (Å²) in [5.74, 6) is 0. The van der Waals surface area contributed by atoms with Gasteiger partial charge in [0, 0.05) is 66.2 Å². The van der Waals surface area contributed by atoms with E-state index in [2.05, 4.69) is 348 Å². The van der Waals surface area contributed by atoms with Gasteiger partial charge in [0.15, 0.2) is 5.69 Å². The van der Waals surface area contributed by atoms with Crippen molar-refractivity contribution in [3.05, 3.63) is 326 Å². The molecule has 0 N–H and O–H groups in total. The second-order valence-corrected chi connectivity index (χ2v) is 26.6. The summed E-state index contributed by atoms with van der Waals surface area (Å²) in [7, 11) is 0. The topological polar surface area (TPSA) is 20.2 Å². The van der Waals surface area contributed by atoms with Crippen LogP contribution in [0.4, 0.5) is 39.8 Å². The molecule has 17 aromatic rings. The highest BCUT2D eigenvalue weighted by atomic mass is 15.2. The van der Waals surface area contributed by atoms with Gasteiger partial charge in [0.05, 0.1) is 56.9 Å². The molecule has 0 atom stereocenters. The van der Waals surface area contributed by atoms with Gasteiger partial charge in [0.25, 0.3) is 6.71 Å². The third-order valence-corrected chi connectivity index (χ3v) is 20.4. The van der Waals surface area contributed by atoms with E-state index >= 15 is 0 Å². The van der Waals surface area contributed by atoms with Crippen LogP contribution < -0.4 is 26.2 Å². The Kier molecular flexibility index (Phi) is 12.0. The van der Waals surface area contributed by atoms with E-state index < -0.39 is 0 Å². The van der Waals surface area contributed by atoms with E-state index in [-0.39, 0.29) is 12.1 Å². The Balaban J connectivity index is 1.06. The molecule has 0 unspecified atom stereocenters. The fourth-order valence-corrected chi connectivity index (χ4v) is 16.2. The normalized spacial score (nSPS) is 12.7. The van der Waals surface area contributed by atoms with E-state index in [9.17, 15) is 0 Å². The first-order chi connectivity index (χ1) is 46.8. The highest BCUT2D eigenvalue weighted by molar-refractivity contribution is 7.01. The van der Waals surface area contributed by atoms with Crippen LogP contribution >= 0.6 is 0 Å². The van der Waals surface area contributed by atoms with E-state index in [4.69, 9.17) is 6.57 Å². The van der Waals surface area contributed by atoms with Crippen molar-refractivity contribution in [1.82, 2.24) is 8.97 Å². The smallest absolute Gasteiger partial charge is 0.252 e. The molecular weight excluding hydrogens is 1150 g/mol. The fraction of sp³-hybridized carbons (Fsp3) is 0.0449. The number of rotatable bonds is 8. The first kappa shape index (κ1) is 54.6. The third-order valence-electron chi connectivity index (χ3n) is 20.4. The van der Waals surface area contributed by atoms with Gasteiger partial charge in [-0.25, -0.2) is 4.85 Å². The van der Waals surface area contributed by atoms with Crippen LogP contribution in [0, 0.1) is 6.57 Å². The average Bonchev–Trinajstić information content (AvgIpc) is 1.60.